The molecule has 1 N–H and O–H groups in total. The highest BCUT2D eigenvalue weighted by molar-refractivity contribution is 9.10. The molecule has 2 nitrogen and oxygen atoms in total. The number of hydrogen-bond donors (Lipinski definition) is 1. The van der Waals surface area contributed by atoms with Crippen molar-refractivity contribution in [3.8, 4) is 5.75 Å². The molecule has 0 bridgehead atoms. The van der Waals surface area contributed by atoms with Crippen LogP contribution < -0.4 is 4.74 Å². The first-order valence-electron chi connectivity index (χ1n) is 6.61. The lowest BCUT2D eigenvalue weighted by Crippen LogP contribution is -2.24. The third-order valence-corrected chi connectivity index (χ3v) is 4.37. The maximum absolute atomic E-state index is 10.3. The number of hydrogen-bond acceptors (Lipinski definition) is 2. The normalized spacial score (nSPS) is 17.4. The van der Waals surface area contributed by atoms with E-state index in [0.717, 1.165) is 28.8 Å². The standard InChI is InChI=1S/C15H21BrO2/c1-9(2)10(3)14(17)8-12-7-13(16)6-11-4-5-18-15(11)12/h6-7,9-10,14,17H,4-5,8H2,1-3H3. The van der Waals surface area contributed by atoms with Crippen molar-refractivity contribution in [2.75, 3.05) is 6.61 Å². The summed E-state index contributed by atoms with van der Waals surface area (Å²) in [6, 6.07) is 4.19. The maximum atomic E-state index is 10.3. The lowest BCUT2D eigenvalue weighted by molar-refractivity contribution is 0.0915. The molecule has 2 rings (SSSR count). The van der Waals surface area contributed by atoms with Crippen LogP contribution in [0.3, 0.4) is 0 Å². The number of ether oxygens (including phenoxy) is 1. The Morgan fingerprint density at radius 3 is 2.72 bits per heavy atom. The molecule has 0 saturated carbocycles. The van der Waals surface area contributed by atoms with E-state index in [1.54, 1.807) is 0 Å². The smallest absolute Gasteiger partial charge is 0.125 e. The van der Waals surface area contributed by atoms with E-state index in [-0.39, 0.29) is 6.10 Å². The van der Waals surface area contributed by atoms with Gasteiger partial charge in [0.1, 0.15) is 5.75 Å². The zero-order valence-electron chi connectivity index (χ0n) is 11.2. The first-order valence-corrected chi connectivity index (χ1v) is 7.40. The Morgan fingerprint density at radius 1 is 1.33 bits per heavy atom. The minimum atomic E-state index is -0.312. The van der Waals surface area contributed by atoms with Crippen LogP contribution in [0.5, 0.6) is 5.75 Å². The number of fused-ring (bicyclic) bond motifs is 1. The van der Waals surface area contributed by atoms with Gasteiger partial charge in [-0.1, -0.05) is 36.7 Å². The summed E-state index contributed by atoms with van der Waals surface area (Å²) in [7, 11) is 0. The molecule has 2 atom stereocenters. The van der Waals surface area contributed by atoms with Gasteiger partial charge in [-0.2, -0.15) is 0 Å². The first-order chi connectivity index (χ1) is 8.49. The second-order valence-electron chi connectivity index (χ2n) is 5.53. The number of aliphatic hydroxyl groups is 1. The third kappa shape index (κ3) is 2.89. The molecule has 0 amide bonds. The first kappa shape index (κ1) is 13.9. The Labute approximate surface area is 117 Å². The molecule has 1 aromatic rings. The molecule has 0 aromatic heterocycles. The van der Waals surface area contributed by atoms with Crippen molar-refractivity contribution in [1.82, 2.24) is 0 Å². The molecule has 0 aliphatic carbocycles. The molecule has 1 aliphatic rings. The lowest BCUT2D eigenvalue weighted by atomic mass is 9.88. The Bertz CT molecular complexity index is 429. The van der Waals surface area contributed by atoms with E-state index in [9.17, 15) is 5.11 Å². The van der Waals surface area contributed by atoms with E-state index in [2.05, 4.69) is 48.8 Å². The van der Waals surface area contributed by atoms with Crippen LogP contribution in [0.4, 0.5) is 0 Å². The summed E-state index contributed by atoms with van der Waals surface area (Å²) in [4.78, 5) is 0. The molecule has 2 unspecified atom stereocenters. The van der Waals surface area contributed by atoms with Gasteiger partial charge in [-0.3, -0.25) is 0 Å². The van der Waals surface area contributed by atoms with Gasteiger partial charge in [0.25, 0.3) is 0 Å². The second kappa shape index (κ2) is 5.62. The van der Waals surface area contributed by atoms with Crippen molar-refractivity contribution in [3.05, 3.63) is 27.7 Å². The van der Waals surface area contributed by atoms with Crippen LogP contribution in [0.1, 0.15) is 31.9 Å². The molecule has 0 fully saturated rings. The van der Waals surface area contributed by atoms with E-state index >= 15 is 0 Å². The molecule has 1 heterocycles. The fourth-order valence-electron chi connectivity index (χ4n) is 2.35. The van der Waals surface area contributed by atoms with Crippen molar-refractivity contribution in [2.45, 2.75) is 39.7 Å². The Morgan fingerprint density at radius 2 is 2.06 bits per heavy atom. The summed E-state index contributed by atoms with van der Waals surface area (Å²) in [5.74, 6) is 1.77. The van der Waals surface area contributed by atoms with E-state index in [1.165, 1.54) is 5.56 Å². The Balaban J connectivity index is 2.19. The second-order valence-corrected chi connectivity index (χ2v) is 6.44. The Kier molecular flexibility index (Phi) is 4.33. The predicted octanol–water partition coefficient (Wildman–Crippen LogP) is 3.58. The van der Waals surface area contributed by atoms with Crippen LogP contribution in [0.15, 0.2) is 16.6 Å². The van der Waals surface area contributed by atoms with Gasteiger partial charge in [0, 0.05) is 17.3 Å². The molecule has 0 radical (unpaired) electrons. The molecular formula is C15H21BrO2. The van der Waals surface area contributed by atoms with Crippen molar-refractivity contribution in [3.63, 3.8) is 0 Å². The largest absolute Gasteiger partial charge is 0.493 e. The van der Waals surface area contributed by atoms with E-state index in [0.29, 0.717) is 18.3 Å². The number of benzene rings is 1. The molecular weight excluding hydrogens is 292 g/mol. The van der Waals surface area contributed by atoms with Gasteiger partial charge in [0.2, 0.25) is 0 Å². The predicted molar refractivity (Wildman–Crippen MR) is 77.1 cm³/mol. The fraction of sp³-hybridized carbons (Fsp3) is 0.600. The SMILES string of the molecule is CC(C)C(C)C(O)Cc1cc(Br)cc2c1OCC2. The van der Waals surface area contributed by atoms with Crippen LogP contribution in [-0.4, -0.2) is 17.8 Å². The summed E-state index contributed by atoms with van der Waals surface area (Å²) in [5.41, 5.74) is 2.38. The number of rotatable bonds is 4. The van der Waals surface area contributed by atoms with E-state index in [4.69, 9.17) is 4.74 Å². The number of halogens is 1. The van der Waals surface area contributed by atoms with Crippen molar-refractivity contribution < 1.29 is 9.84 Å². The van der Waals surface area contributed by atoms with E-state index < -0.39 is 0 Å². The van der Waals surface area contributed by atoms with Crippen LogP contribution in [0.25, 0.3) is 0 Å². The minimum absolute atomic E-state index is 0.293. The zero-order chi connectivity index (χ0) is 13.3. The van der Waals surface area contributed by atoms with Crippen molar-refractivity contribution in [2.24, 2.45) is 11.8 Å². The van der Waals surface area contributed by atoms with Gasteiger partial charge < -0.3 is 9.84 Å². The average Bonchev–Trinajstić information content (AvgIpc) is 2.75. The summed E-state index contributed by atoms with van der Waals surface area (Å²) in [6.07, 6.45) is 1.33. The highest BCUT2D eigenvalue weighted by Crippen LogP contribution is 2.34. The molecule has 18 heavy (non-hydrogen) atoms. The van der Waals surface area contributed by atoms with E-state index in [1.807, 2.05) is 0 Å². The zero-order valence-corrected chi connectivity index (χ0v) is 12.8. The maximum Gasteiger partial charge on any atom is 0.125 e. The van der Waals surface area contributed by atoms with Crippen LogP contribution in [-0.2, 0) is 12.8 Å². The van der Waals surface area contributed by atoms with Gasteiger partial charge >= 0.3 is 0 Å². The minimum Gasteiger partial charge on any atom is -0.493 e. The van der Waals surface area contributed by atoms with Crippen LogP contribution in [0, 0.1) is 11.8 Å². The average molecular weight is 313 g/mol. The highest BCUT2D eigenvalue weighted by Gasteiger charge is 2.23. The Hall–Kier alpha value is -0.540. The van der Waals surface area contributed by atoms with Crippen LogP contribution in [0.2, 0.25) is 0 Å². The molecule has 0 saturated heterocycles. The van der Waals surface area contributed by atoms with Gasteiger partial charge in [-0.25, -0.2) is 0 Å². The summed E-state index contributed by atoms with van der Waals surface area (Å²) >= 11 is 3.53. The third-order valence-electron chi connectivity index (χ3n) is 3.91. The topological polar surface area (TPSA) is 29.5 Å². The molecule has 100 valence electrons. The molecule has 0 spiro atoms. The molecule has 1 aliphatic heterocycles. The van der Waals surface area contributed by atoms with Crippen molar-refractivity contribution >= 4 is 15.9 Å². The van der Waals surface area contributed by atoms with Gasteiger partial charge in [-0.15, -0.1) is 0 Å². The fourth-order valence-corrected chi connectivity index (χ4v) is 2.91. The van der Waals surface area contributed by atoms with Gasteiger partial charge in [0.05, 0.1) is 12.7 Å². The van der Waals surface area contributed by atoms with Gasteiger partial charge in [0.15, 0.2) is 0 Å². The summed E-state index contributed by atoms with van der Waals surface area (Å²) in [6.45, 7) is 7.16. The highest BCUT2D eigenvalue weighted by atomic mass is 79.9. The summed E-state index contributed by atoms with van der Waals surface area (Å²) < 4.78 is 6.77. The lowest BCUT2D eigenvalue weighted by Gasteiger charge is -2.23. The monoisotopic (exact) mass is 312 g/mol. The summed E-state index contributed by atoms with van der Waals surface area (Å²) in [5, 5.41) is 10.3. The van der Waals surface area contributed by atoms with Crippen molar-refractivity contribution in [1.29, 1.82) is 0 Å². The van der Waals surface area contributed by atoms with Crippen LogP contribution >= 0.6 is 15.9 Å². The molecule has 1 aromatic carbocycles. The number of aliphatic hydroxyl groups excluding tert-OH is 1. The molecule has 3 heteroatoms. The quantitative estimate of drug-likeness (QED) is 0.921. The van der Waals surface area contributed by atoms with Gasteiger partial charge in [-0.05, 0) is 35.1 Å².